The number of ether oxygens (including phenoxy) is 1. The van der Waals surface area contributed by atoms with Gasteiger partial charge in [-0.05, 0) is 64.6 Å². The number of aromatic hydroxyl groups is 1. The molecule has 1 unspecified atom stereocenters. The number of phenolic OH excluding ortho intramolecular Hbond substituents is 1. The fourth-order valence-corrected chi connectivity index (χ4v) is 4.96. The summed E-state index contributed by atoms with van der Waals surface area (Å²) in [4.78, 5) is 23.4. The Bertz CT molecular complexity index is 893. The van der Waals surface area contributed by atoms with Gasteiger partial charge in [-0.15, -0.1) is 0 Å². The third-order valence-electron chi connectivity index (χ3n) is 3.59. The molecular formula is C17H11F3I3NO5. The summed E-state index contributed by atoms with van der Waals surface area (Å²) in [5, 5.41) is 18.9. The summed E-state index contributed by atoms with van der Waals surface area (Å²) in [6.07, 6.45) is -5.20. The van der Waals surface area contributed by atoms with Crippen molar-refractivity contribution in [3.05, 3.63) is 54.1 Å². The number of alkyl halides is 5. The van der Waals surface area contributed by atoms with Crippen LogP contribution in [0.25, 0.3) is 0 Å². The fourth-order valence-electron chi connectivity index (χ4n) is 2.13. The highest BCUT2D eigenvalue weighted by Gasteiger charge is 2.56. The molecule has 0 bridgehead atoms. The number of hydrogen-bond acceptors (Lipinski definition) is 4. The lowest BCUT2D eigenvalue weighted by molar-refractivity contribution is -0.182. The van der Waals surface area contributed by atoms with Gasteiger partial charge < -0.3 is 14.9 Å². The molecule has 0 spiro atoms. The zero-order chi connectivity index (χ0) is 22.0. The van der Waals surface area contributed by atoms with Gasteiger partial charge in [0.2, 0.25) is 3.55 Å². The normalized spacial score (nSPS) is 14.6. The minimum Gasteiger partial charge on any atom is -0.508 e. The van der Waals surface area contributed by atoms with Gasteiger partial charge in [-0.2, -0.15) is 13.2 Å². The van der Waals surface area contributed by atoms with E-state index in [0.29, 0.717) is 17.1 Å². The van der Waals surface area contributed by atoms with E-state index in [4.69, 9.17) is 4.74 Å². The van der Waals surface area contributed by atoms with E-state index in [1.165, 1.54) is 59.0 Å². The molecular weight excluding hydrogens is 736 g/mol. The van der Waals surface area contributed by atoms with Gasteiger partial charge in [0, 0.05) is 0 Å². The lowest BCUT2D eigenvalue weighted by atomic mass is 10.1. The van der Waals surface area contributed by atoms with Gasteiger partial charge in [0.15, 0.2) is 0 Å². The lowest BCUT2D eigenvalue weighted by Crippen LogP contribution is -2.53. The Morgan fingerprint density at radius 1 is 1.00 bits per heavy atom. The minimum absolute atomic E-state index is 0.0734. The number of halogens is 6. The highest BCUT2D eigenvalue weighted by Crippen LogP contribution is 2.47. The van der Waals surface area contributed by atoms with Crippen LogP contribution in [0.4, 0.5) is 13.2 Å². The molecule has 0 saturated carbocycles. The van der Waals surface area contributed by atoms with Crippen molar-refractivity contribution in [2.75, 3.05) is 0 Å². The molecule has 12 heteroatoms. The molecule has 0 heterocycles. The zero-order valence-electron chi connectivity index (χ0n) is 14.0. The molecule has 2 atom stereocenters. The maximum Gasteiger partial charge on any atom is 0.472 e. The summed E-state index contributed by atoms with van der Waals surface area (Å²) < 4.78 is 41.0. The number of carbonyl (C=O) groups excluding carboxylic acids is 1. The number of benzene rings is 2. The average Bonchev–Trinajstić information content (AvgIpc) is 2.67. The number of carboxylic acid groups (broad SMARTS) is 1. The smallest absolute Gasteiger partial charge is 0.472 e. The van der Waals surface area contributed by atoms with Crippen molar-refractivity contribution >= 4 is 79.9 Å². The van der Waals surface area contributed by atoms with Crippen LogP contribution >= 0.6 is 68.0 Å². The van der Waals surface area contributed by atoms with E-state index in [1.54, 1.807) is 34.7 Å². The Labute approximate surface area is 204 Å². The number of nitrogens with zero attached hydrogens (tertiary/aromatic N) is 1. The minimum atomic E-state index is -5.20. The van der Waals surface area contributed by atoms with E-state index in [2.05, 4.69) is 0 Å². The first-order valence-electron chi connectivity index (χ1n) is 7.57. The number of phenols is 1. The Morgan fingerprint density at radius 2 is 1.45 bits per heavy atom. The topological polar surface area (TPSA) is 87.1 Å². The number of rotatable bonds is 6. The molecule has 1 amide bonds. The van der Waals surface area contributed by atoms with E-state index in [0.717, 1.165) is 22.9 Å². The van der Waals surface area contributed by atoms with Gasteiger partial charge in [-0.25, -0.2) is 7.91 Å². The van der Waals surface area contributed by atoms with Crippen molar-refractivity contribution in [3.8, 4) is 17.2 Å². The van der Waals surface area contributed by atoms with Gasteiger partial charge in [0.25, 0.3) is 0 Å². The van der Waals surface area contributed by atoms with Crippen LogP contribution in [-0.4, -0.2) is 34.9 Å². The molecule has 29 heavy (non-hydrogen) atoms. The molecule has 2 aromatic carbocycles. The third kappa shape index (κ3) is 5.56. The van der Waals surface area contributed by atoms with Crippen molar-refractivity contribution in [1.29, 1.82) is 0 Å². The fraction of sp³-hybridized carbons (Fsp3) is 0.176. The number of hydrogen-bond donors (Lipinski definition) is 2. The predicted octanol–water partition coefficient (Wildman–Crippen LogP) is 5.62. The summed E-state index contributed by atoms with van der Waals surface area (Å²) in [7, 11) is 0. The lowest BCUT2D eigenvalue weighted by Gasteiger charge is -2.35. The summed E-state index contributed by atoms with van der Waals surface area (Å²) >= 11 is 4.11. The number of carboxylic acids is 1. The Balaban J connectivity index is 2.27. The number of carbonyl (C=O) groups is 2. The first-order valence-corrected chi connectivity index (χ1v) is 10.9. The summed E-state index contributed by atoms with van der Waals surface area (Å²) in [5.41, 5.74) is 0.386. The Morgan fingerprint density at radius 3 is 1.86 bits per heavy atom. The van der Waals surface area contributed by atoms with Crippen LogP contribution in [0.5, 0.6) is 17.2 Å². The third-order valence-corrected chi connectivity index (χ3v) is 10.1. The van der Waals surface area contributed by atoms with Crippen molar-refractivity contribution in [3.63, 3.8) is 0 Å². The largest absolute Gasteiger partial charge is 0.508 e. The molecule has 2 aromatic rings. The highest BCUT2D eigenvalue weighted by atomic mass is 127. The van der Waals surface area contributed by atoms with E-state index >= 15 is 0 Å². The van der Waals surface area contributed by atoms with Gasteiger partial charge in [0.05, 0.1) is 26.8 Å². The van der Waals surface area contributed by atoms with Gasteiger partial charge in [0.1, 0.15) is 17.2 Å². The molecule has 0 radical (unpaired) electrons. The average molecular weight is 747 g/mol. The van der Waals surface area contributed by atoms with Gasteiger partial charge in [-0.3, -0.25) is 4.79 Å². The molecule has 0 aliphatic carbocycles. The van der Waals surface area contributed by atoms with Crippen molar-refractivity contribution in [1.82, 2.24) is 3.11 Å². The van der Waals surface area contributed by atoms with Crippen molar-refractivity contribution in [2.45, 2.75) is 13.6 Å². The molecule has 2 rings (SSSR count). The van der Waals surface area contributed by atoms with Crippen molar-refractivity contribution < 1.29 is 37.7 Å². The van der Waals surface area contributed by atoms with E-state index in [1.807, 2.05) is 0 Å². The number of amides is 1. The second-order valence-electron chi connectivity index (χ2n) is 5.59. The molecule has 0 aliphatic heterocycles. The molecule has 6 nitrogen and oxygen atoms in total. The molecule has 2 N–H and O–H groups in total. The van der Waals surface area contributed by atoms with Crippen molar-refractivity contribution in [2.24, 2.45) is 0 Å². The molecule has 0 saturated heterocycles. The molecule has 156 valence electrons. The Kier molecular flexibility index (Phi) is 7.86. The predicted molar refractivity (Wildman–Crippen MR) is 123 cm³/mol. The first-order chi connectivity index (χ1) is 13.4. The zero-order valence-corrected chi connectivity index (χ0v) is 20.5. The van der Waals surface area contributed by atoms with Crippen LogP contribution < -0.4 is 4.74 Å². The van der Waals surface area contributed by atoms with Crippen LogP contribution in [0.3, 0.4) is 0 Å². The first kappa shape index (κ1) is 24.2. The maximum absolute atomic E-state index is 12.8. The highest BCUT2D eigenvalue weighted by molar-refractivity contribution is 14.1. The van der Waals surface area contributed by atoms with E-state index < -0.39 is 25.5 Å². The van der Waals surface area contributed by atoms with Crippen LogP contribution in [0, 0.1) is 0 Å². The second kappa shape index (κ2) is 9.40. The molecule has 0 aliphatic rings. The van der Waals surface area contributed by atoms with Crippen LogP contribution in [0.1, 0.15) is 9.49 Å². The van der Waals surface area contributed by atoms with Crippen LogP contribution in [0.2, 0.25) is 0 Å². The quantitative estimate of drug-likeness (QED) is 0.174. The SMILES string of the molecule is O=C(N(I)[C@](I)(C(=O)O)C(I)c1ccc(Oc2ccc(O)cc2)cc1)C(F)(F)F. The summed E-state index contributed by atoms with van der Waals surface area (Å²) in [6, 6.07) is 12.0. The van der Waals surface area contributed by atoms with E-state index in [-0.39, 0.29) is 8.86 Å². The maximum atomic E-state index is 12.8. The van der Waals surface area contributed by atoms with Crippen LogP contribution in [-0.2, 0) is 9.59 Å². The van der Waals surface area contributed by atoms with Gasteiger partial charge in [-0.1, -0.05) is 34.7 Å². The summed E-state index contributed by atoms with van der Waals surface area (Å²) in [5.74, 6) is -2.93. The molecule has 0 aromatic heterocycles. The monoisotopic (exact) mass is 747 g/mol. The Hall–Kier alpha value is -1.04. The van der Waals surface area contributed by atoms with Crippen LogP contribution in [0.15, 0.2) is 48.5 Å². The number of aliphatic carboxylic acids is 1. The van der Waals surface area contributed by atoms with E-state index in [9.17, 15) is 33.0 Å². The standard InChI is InChI=1S/C17H11F3I3NO5/c18-17(19,20)14(26)24(23)16(22,15(27)28)13(21)9-1-5-11(6-2-9)29-12-7-3-10(25)4-8-12/h1-8,13,25H,(H,27,28)/t13?,16-/m0/s1. The van der Waals surface area contributed by atoms with Gasteiger partial charge >= 0.3 is 18.1 Å². The summed E-state index contributed by atoms with van der Waals surface area (Å²) in [6.45, 7) is 0. The molecule has 0 fully saturated rings. The second-order valence-corrected chi connectivity index (χ2v) is 9.44.